The molecule has 2 aromatic carbocycles. The topological polar surface area (TPSA) is 27.6 Å². The van der Waals surface area contributed by atoms with Crippen LogP contribution in [0.4, 0.5) is 5.69 Å². The third-order valence-corrected chi connectivity index (χ3v) is 3.67. The first-order valence-corrected chi connectivity index (χ1v) is 6.89. The van der Waals surface area contributed by atoms with Crippen LogP contribution in [-0.2, 0) is 0 Å². The monoisotopic (exact) mass is 265 g/mol. The van der Waals surface area contributed by atoms with Crippen molar-refractivity contribution in [1.82, 2.24) is 5.43 Å². The molecule has 102 valence electrons. The highest BCUT2D eigenvalue weighted by molar-refractivity contribution is 6.01. The second-order valence-electron chi connectivity index (χ2n) is 5.30. The predicted molar refractivity (Wildman–Crippen MR) is 84.2 cm³/mol. The fourth-order valence-electron chi connectivity index (χ4n) is 2.45. The Kier molecular flexibility index (Phi) is 3.42. The number of hydrogen-bond acceptors (Lipinski definition) is 3. The van der Waals surface area contributed by atoms with Crippen LogP contribution >= 0.6 is 0 Å². The average Bonchev–Trinajstić information content (AvgIpc) is 2.98. The average molecular weight is 265 g/mol. The molecule has 20 heavy (non-hydrogen) atoms. The number of nitrogens with zero attached hydrogens (tertiary/aromatic N) is 2. The Balaban J connectivity index is 1.73. The van der Waals surface area contributed by atoms with Gasteiger partial charge in [-0.1, -0.05) is 42.5 Å². The van der Waals surface area contributed by atoms with Crippen molar-refractivity contribution >= 4 is 11.4 Å². The number of rotatable bonds is 3. The van der Waals surface area contributed by atoms with Crippen molar-refractivity contribution in [3.63, 3.8) is 0 Å². The molecule has 0 saturated carbocycles. The molecule has 3 nitrogen and oxygen atoms in total. The second-order valence-corrected chi connectivity index (χ2v) is 5.30. The van der Waals surface area contributed by atoms with Crippen LogP contribution in [0.1, 0.15) is 23.6 Å². The zero-order valence-corrected chi connectivity index (χ0v) is 11.9. The third kappa shape index (κ3) is 2.52. The maximum absolute atomic E-state index is 4.48. The molecule has 0 spiro atoms. The minimum absolute atomic E-state index is 0.279. The van der Waals surface area contributed by atoms with Gasteiger partial charge < -0.3 is 10.3 Å². The highest BCUT2D eigenvalue weighted by Crippen LogP contribution is 2.25. The first-order valence-electron chi connectivity index (χ1n) is 6.89. The Bertz CT molecular complexity index is 600. The first kappa shape index (κ1) is 12.7. The van der Waals surface area contributed by atoms with E-state index in [2.05, 4.69) is 78.1 Å². The number of hydrogen-bond donors (Lipinski definition) is 1. The van der Waals surface area contributed by atoms with E-state index < -0.39 is 0 Å². The number of anilines is 1. The molecule has 0 radical (unpaired) electrons. The molecule has 1 aliphatic rings. The summed E-state index contributed by atoms with van der Waals surface area (Å²) in [6, 6.07) is 19.3. The largest absolute Gasteiger partial charge is 0.378 e. The lowest BCUT2D eigenvalue weighted by atomic mass is 9.99. The van der Waals surface area contributed by atoms with Gasteiger partial charge in [-0.3, -0.25) is 0 Å². The van der Waals surface area contributed by atoms with Gasteiger partial charge in [-0.2, -0.15) is 5.10 Å². The normalized spacial score (nSPS) is 17.5. The third-order valence-electron chi connectivity index (χ3n) is 3.67. The molecule has 1 N–H and O–H groups in total. The summed E-state index contributed by atoms with van der Waals surface area (Å²) in [6.07, 6.45) is 0.936. The molecule has 1 unspecified atom stereocenters. The Morgan fingerprint density at radius 2 is 1.70 bits per heavy atom. The van der Waals surface area contributed by atoms with Gasteiger partial charge in [0.2, 0.25) is 0 Å². The van der Waals surface area contributed by atoms with Crippen molar-refractivity contribution in [2.45, 2.75) is 12.5 Å². The van der Waals surface area contributed by atoms with Crippen LogP contribution in [0.3, 0.4) is 0 Å². The molecule has 0 aliphatic carbocycles. The molecule has 3 rings (SSSR count). The fraction of sp³-hybridized carbons (Fsp3) is 0.235. The second kappa shape index (κ2) is 5.37. The van der Waals surface area contributed by atoms with E-state index in [0.29, 0.717) is 0 Å². The molecule has 0 saturated heterocycles. The molecule has 1 atom stereocenters. The minimum Gasteiger partial charge on any atom is -0.378 e. The van der Waals surface area contributed by atoms with E-state index in [9.17, 15) is 0 Å². The van der Waals surface area contributed by atoms with Gasteiger partial charge in [0, 0.05) is 26.2 Å². The zero-order valence-electron chi connectivity index (χ0n) is 11.9. The molecule has 0 aromatic heterocycles. The van der Waals surface area contributed by atoms with Gasteiger partial charge in [0.15, 0.2) is 0 Å². The maximum Gasteiger partial charge on any atom is 0.0745 e. The molecule has 1 heterocycles. The van der Waals surface area contributed by atoms with Gasteiger partial charge in [-0.05, 0) is 23.3 Å². The lowest BCUT2D eigenvalue weighted by Gasteiger charge is -2.15. The summed E-state index contributed by atoms with van der Waals surface area (Å²) >= 11 is 0. The van der Waals surface area contributed by atoms with E-state index in [4.69, 9.17) is 0 Å². The molecule has 2 aromatic rings. The summed E-state index contributed by atoms with van der Waals surface area (Å²) in [6.45, 7) is 0. The van der Waals surface area contributed by atoms with Crippen LogP contribution < -0.4 is 10.3 Å². The Morgan fingerprint density at radius 1 is 1.00 bits per heavy atom. The summed E-state index contributed by atoms with van der Waals surface area (Å²) in [5.41, 5.74) is 8.08. The number of nitrogens with one attached hydrogen (secondary N) is 1. The number of hydrazone groups is 1. The highest BCUT2D eigenvalue weighted by Gasteiger charge is 2.20. The van der Waals surface area contributed by atoms with E-state index in [1.807, 2.05) is 6.07 Å². The van der Waals surface area contributed by atoms with Crippen molar-refractivity contribution in [1.29, 1.82) is 0 Å². The van der Waals surface area contributed by atoms with Gasteiger partial charge >= 0.3 is 0 Å². The number of benzene rings is 2. The molecular formula is C17H19N3. The summed E-state index contributed by atoms with van der Waals surface area (Å²) in [5.74, 6) is 0. The van der Waals surface area contributed by atoms with Gasteiger partial charge in [0.1, 0.15) is 0 Å². The summed E-state index contributed by atoms with van der Waals surface area (Å²) in [5, 5.41) is 4.48. The molecule has 0 fully saturated rings. The molecular weight excluding hydrogens is 246 g/mol. The van der Waals surface area contributed by atoms with Gasteiger partial charge in [0.25, 0.3) is 0 Å². The molecule has 0 amide bonds. The van der Waals surface area contributed by atoms with Crippen molar-refractivity contribution < 1.29 is 0 Å². The van der Waals surface area contributed by atoms with Crippen LogP contribution in [0.15, 0.2) is 59.7 Å². The van der Waals surface area contributed by atoms with E-state index >= 15 is 0 Å². The maximum atomic E-state index is 4.48. The lowest BCUT2D eigenvalue weighted by molar-refractivity contribution is 0.620. The van der Waals surface area contributed by atoms with Crippen molar-refractivity contribution in [3.05, 3.63) is 65.7 Å². The van der Waals surface area contributed by atoms with Gasteiger partial charge in [0.05, 0.1) is 11.8 Å². The van der Waals surface area contributed by atoms with E-state index in [-0.39, 0.29) is 6.04 Å². The first-order chi connectivity index (χ1) is 9.74. The van der Waals surface area contributed by atoms with Crippen molar-refractivity contribution in [3.8, 4) is 0 Å². The van der Waals surface area contributed by atoms with Gasteiger partial charge in [-0.25, -0.2) is 0 Å². The van der Waals surface area contributed by atoms with E-state index in [1.165, 1.54) is 16.8 Å². The highest BCUT2D eigenvalue weighted by atomic mass is 15.3. The Hall–Kier alpha value is -2.29. The van der Waals surface area contributed by atoms with E-state index in [0.717, 1.165) is 12.1 Å². The van der Waals surface area contributed by atoms with E-state index in [1.54, 1.807) is 0 Å². The minimum atomic E-state index is 0.279. The quantitative estimate of drug-likeness (QED) is 0.923. The Morgan fingerprint density at radius 3 is 2.35 bits per heavy atom. The van der Waals surface area contributed by atoms with Crippen molar-refractivity contribution in [2.24, 2.45) is 5.10 Å². The standard InChI is InChI=1S/C17H19N3/c1-20(2)15-10-8-14(9-11-15)17-12-16(18-19-17)13-6-4-3-5-7-13/h3-11,17,19H,12H2,1-2H3. The predicted octanol–water partition coefficient (Wildman–Crippen LogP) is 3.19. The lowest BCUT2D eigenvalue weighted by Crippen LogP contribution is -2.11. The summed E-state index contributed by atoms with van der Waals surface area (Å²) in [4.78, 5) is 2.11. The molecule has 3 heteroatoms. The molecule has 1 aliphatic heterocycles. The zero-order chi connectivity index (χ0) is 13.9. The SMILES string of the molecule is CN(C)c1ccc(C2CC(c3ccccc3)=NN2)cc1. The summed E-state index contributed by atoms with van der Waals surface area (Å²) < 4.78 is 0. The van der Waals surface area contributed by atoms with Crippen LogP contribution in [0.2, 0.25) is 0 Å². The van der Waals surface area contributed by atoms with Crippen molar-refractivity contribution in [2.75, 3.05) is 19.0 Å². The van der Waals surface area contributed by atoms with Crippen LogP contribution in [0.25, 0.3) is 0 Å². The van der Waals surface area contributed by atoms with Gasteiger partial charge in [-0.15, -0.1) is 0 Å². The van der Waals surface area contributed by atoms with Crippen LogP contribution in [0, 0.1) is 0 Å². The fourth-order valence-corrected chi connectivity index (χ4v) is 2.45. The molecule has 0 bridgehead atoms. The van der Waals surface area contributed by atoms with Crippen LogP contribution in [0.5, 0.6) is 0 Å². The van der Waals surface area contributed by atoms with Crippen LogP contribution in [-0.4, -0.2) is 19.8 Å². The smallest absolute Gasteiger partial charge is 0.0745 e. The Labute approximate surface area is 119 Å². The summed E-state index contributed by atoms with van der Waals surface area (Å²) in [7, 11) is 4.11.